The third-order valence-electron chi connectivity index (χ3n) is 5.32. The van der Waals surface area contributed by atoms with Crippen LogP contribution in [0.5, 0.6) is 5.75 Å². The Morgan fingerprint density at radius 3 is 2.71 bits per heavy atom. The summed E-state index contributed by atoms with van der Waals surface area (Å²) < 4.78 is 13.2. The number of thioether (sulfide) groups is 1. The summed E-state index contributed by atoms with van der Waals surface area (Å²) in [6.07, 6.45) is 5.30. The van der Waals surface area contributed by atoms with Gasteiger partial charge in [-0.05, 0) is 55.5 Å². The van der Waals surface area contributed by atoms with E-state index in [-0.39, 0.29) is 5.91 Å². The average Bonchev–Trinajstić information content (AvgIpc) is 3.59. The fourth-order valence-corrected chi connectivity index (χ4v) is 5.17. The molecule has 0 spiro atoms. The van der Waals surface area contributed by atoms with Crippen LogP contribution in [-0.2, 0) is 11.3 Å². The van der Waals surface area contributed by atoms with Gasteiger partial charge in [0.1, 0.15) is 21.5 Å². The zero-order valence-electron chi connectivity index (χ0n) is 18.7. The van der Waals surface area contributed by atoms with Gasteiger partial charge in [-0.3, -0.25) is 9.69 Å². The van der Waals surface area contributed by atoms with E-state index in [0.29, 0.717) is 44.6 Å². The van der Waals surface area contributed by atoms with E-state index in [4.69, 9.17) is 38.1 Å². The van der Waals surface area contributed by atoms with Gasteiger partial charge in [-0.25, -0.2) is 4.68 Å². The van der Waals surface area contributed by atoms with Gasteiger partial charge in [-0.1, -0.05) is 53.8 Å². The van der Waals surface area contributed by atoms with E-state index in [1.165, 1.54) is 11.8 Å². The first-order valence-corrected chi connectivity index (χ1v) is 12.5. The van der Waals surface area contributed by atoms with Gasteiger partial charge in [0.25, 0.3) is 5.91 Å². The number of ether oxygens (including phenoxy) is 1. The van der Waals surface area contributed by atoms with E-state index in [9.17, 15) is 4.79 Å². The number of benzene rings is 2. The second-order valence-corrected chi connectivity index (χ2v) is 9.72. The van der Waals surface area contributed by atoms with Gasteiger partial charge < -0.3 is 9.15 Å². The number of para-hydroxylation sites is 1. The Morgan fingerprint density at radius 2 is 2.00 bits per heavy atom. The maximum absolute atomic E-state index is 13.2. The molecule has 2 aromatic heterocycles. The van der Waals surface area contributed by atoms with Crippen molar-refractivity contribution in [3.8, 4) is 22.7 Å². The minimum absolute atomic E-state index is 0.167. The number of halogens is 1. The number of hydrogen-bond donors (Lipinski definition) is 0. The Bertz CT molecular complexity index is 1420. The lowest BCUT2D eigenvalue weighted by atomic mass is 10.1. The van der Waals surface area contributed by atoms with Gasteiger partial charge in [0, 0.05) is 17.3 Å². The summed E-state index contributed by atoms with van der Waals surface area (Å²) in [6.45, 7) is 2.72. The normalized spacial score (nSPS) is 14.8. The summed E-state index contributed by atoms with van der Waals surface area (Å²) >= 11 is 13.2. The van der Waals surface area contributed by atoms with Crippen molar-refractivity contribution in [2.75, 3.05) is 6.61 Å². The number of carbonyl (C=O) groups excluding carboxylic acids is 1. The molecule has 1 saturated heterocycles. The summed E-state index contributed by atoms with van der Waals surface area (Å²) in [6, 6.07) is 18.9. The Hall–Kier alpha value is -3.33. The molecular weight excluding hydrogens is 502 g/mol. The molecule has 35 heavy (non-hydrogen) atoms. The number of furan rings is 1. The van der Waals surface area contributed by atoms with E-state index >= 15 is 0 Å². The summed E-state index contributed by atoms with van der Waals surface area (Å²) in [4.78, 5) is 15.2. The van der Waals surface area contributed by atoms with E-state index in [0.717, 1.165) is 16.8 Å². The van der Waals surface area contributed by atoms with Gasteiger partial charge in [0.2, 0.25) is 0 Å². The van der Waals surface area contributed by atoms with Crippen LogP contribution in [0.1, 0.15) is 18.2 Å². The second-order valence-electron chi connectivity index (χ2n) is 7.64. The zero-order chi connectivity index (χ0) is 24.4. The topological polar surface area (TPSA) is 60.5 Å². The molecule has 0 atom stereocenters. The molecule has 0 radical (unpaired) electrons. The average molecular weight is 522 g/mol. The lowest BCUT2D eigenvalue weighted by molar-refractivity contribution is -0.122. The number of carbonyl (C=O) groups is 1. The molecule has 1 amide bonds. The minimum Gasteiger partial charge on any atom is -0.492 e. The molecule has 3 heterocycles. The van der Waals surface area contributed by atoms with Crippen molar-refractivity contribution in [3.63, 3.8) is 0 Å². The molecule has 6 nitrogen and oxygen atoms in total. The van der Waals surface area contributed by atoms with Crippen LogP contribution in [0.4, 0.5) is 0 Å². The van der Waals surface area contributed by atoms with E-state index < -0.39 is 0 Å². The predicted molar refractivity (Wildman–Crippen MR) is 143 cm³/mol. The van der Waals surface area contributed by atoms with Gasteiger partial charge >= 0.3 is 0 Å². The van der Waals surface area contributed by atoms with Crippen molar-refractivity contribution < 1.29 is 13.9 Å². The fraction of sp³-hybridized carbons (Fsp3) is 0.115. The van der Waals surface area contributed by atoms with Crippen LogP contribution >= 0.6 is 35.6 Å². The van der Waals surface area contributed by atoms with Crippen LogP contribution in [0.25, 0.3) is 23.0 Å². The molecular formula is C26H20ClN3O3S2. The number of thiocarbonyl (C=S) groups is 1. The molecule has 9 heteroatoms. The molecule has 0 saturated carbocycles. The predicted octanol–water partition coefficient (Wildman–Crippen LogP) is 6.59. The second kappa shape index (κ2) is 10.1. The van der Waals surface area contributed by atoms with Crippen LogP contribution in [0, 0.1) is 0 Å². The Labute approximate surface area is 217 Å². The molecule has 0 bridgehead atoms. The van der Waals surface area contributed by atoms with Crippen molar-refractivity contribution in [2.24, 2.45) is 0 Å². The molecule has 5 rings (SSSR count). The summed E-state index contributed by atoms with van der Waals surface area (Å²) in [5.74, 6) is 1.12. The molecule has 1 fully saturated rings. The molecule has 0 aliphatic carbocycles. The lowest BCUT2D eigenvalue weighted by Crippen LogP contribution is -2.27. The van der Waals surface area contributed by atoms with Gasteiger partial charge in [-0.15, -0.1) is 0 Å². The first kappa shape index (κ1) is 23.4. The standard InChI is InChI=1S/C26H20ClN3O3S2/c1-2-32-22-11-10-17(13-21(22)27)24-18(15-30(28-24)19-7-4-3-5-8-19)14-23-25(31)29(26(34)35-23)16-20-9-6-12-33-20/h3-15H,2,16H2,1H3/b23-14-. The number of amides is 1. The van der Waals surface area contributed by atoms with Crippen LogP contribution in [0.2, 0.25) is 5.02 Å². The highest BCUT2D eigenvalue weighted by Crippen LogP contribution is 2.37. The molecule has 1 aliphatic rings. The molecule has 4 aromatic rings. The quantitative estimate of drug-likeness (QED) is 0.202. The number of rotatable bonds is 7. The number of aromatic nitrogens is 2. The summed E-state index contributed by atoms with van der Waals surface area (Å²) in [5, 5.41) is 5.32. The molecule has 0 unspecified atom stereocenters. The highest BCUT2D eigenvalue weighted by molar-refractivity contribution is 8.26. The van der Waals surface area contributed by atoms with Crippen LogP contribution in [-0.4, -0.2) is 31.5 Å². The summed E-state index contributed by atoms with van der Waals surface area (Å²) in [5.41, 5.74) is 3.17. The Morgan fingerprint density at radius 1 is 1.17 bits per heavy atom. The SMILES string of the molecule is CCOc1ccc(-c2nn(-c3ccccc3)cc2/C=C2\SC(=S)N(Cc3ccco3)C2=O)cc1Cl. The van der Waals surface area contributed by atoms with Crippen LogP contribution in [0.15, 0.2) is 82.4 Å². The van der Waals surface area contributed by atoms with Gasteiger partial charge in [-0.2, -0.15) is 5.10 Å². The Balaban J connectivity index is 1.54. The van der Waals surface area contributed by atoms with Crippen molar-refractivity contribution in [3.05, 3.63) is 94.4 Å². The monoisotopic (exact) mass is 521 g/mol. The maximum atomic E-state index is 13.2. The largest absolute Gasteiger partial charge is 0.492 e. The van der Waals surface area contributed by atoms with E-state index in [1.807, 2.05) is 73.8 Å². The third kappa shape index (κ3) is 4.91. The molecule has 0 N–H and O–H groups in total. The highest BCUT2D eigenvalue weighted by Gasteiger charge is 2.33. The fourth-order valence-electron chi connectivity index (χ4n) is 3.69. The van der Waals surface area contributed by atoms with Crippen LogP contribution < -0.4 is 4.74 Å². The van der Waals surface area contributed by atoms with E-state index in [2.05, 4.69) is 0 Å². The van der Waals surface area contributed by atoms with Crippen molar-refractivity contribution in [2.45, 2.75) is 13.5 Å². The van der Waals surface area contributed by atoms with Crippen LogP contribution in [0.3, 0.4) is 0 Å². The van der Waals surface area contributed by atoms with Crippen molar-refractivity contribution in [1.29, 1.82) is 0 Å². The van der Waals surface area contributed by atoms with Crippen molar-refractivity contribution in [1.82, 2.24) is 14.7 Å². The van der Waals surface area contributed by atoms with Gasteiger partial charge in [0.05, 0.1) is 35.0 Å². The molecule has 1 aliphatic heterocycles. The van der Waals surface area contributed by atoms with Crippen molar-refractivity contribution >= 4 is 51.9 Å². The number of hydrogen-bond acceptors (Lipinski definition) is 6. The van der Waals surface area contributed by atoms with E-state index in [1.54, 1.807) is 21.9 Å². The number of nitrogens with zero attached hydrogens (tertiary/aromatic N) is 3. The third-order valence-corrected chi connectivity index (χ3v) is 7.00. The first-order chi connectivity index (χ1) is 17.0. The minimum atomic E-state index is -0.167. The highest BCUT2D eigenvalue weighted by atomic mass is 35.5. The molecule has 2 aromatic carbocycles. The first-order valence-electron chi connectivity index (χ1n) is 10.9. The lowest BCUT2D eigenvalue weighted by Gasteiger charge is -2.11. The maximum Gasteiger partial charge on any atom is 0.266 e. The van der Waals surface area contributed by atoms with Gasteiger partial charge in [0.15, 0.2) is 0 Å². The summed E-state index contributed by atoms with van der Waals surface area (Å²) in [7, 11) is 0. The smallest absolute Gasteiger partial charge is 0.266 e. The Kier molecular flexibility index (Phi) is 6.77. The zero-order valence-corrected chi connectivity index (χ0v) is 21.1. The molecule has 176 valence electrons.